The van der Waals surface area contributed by atoms with Crippen LogP contribution in [0.15, 0.2) is 24.3 Å². The van der Waals surface area contributed by atoms with Gasteiger partial charge in [0.25, 0.3) is 0 Å². The molecule has 0 radical (unpaired) electrons. The largest absolute Gasteiger partial charge is 0.492 e. The first-order valence-corrected chi connectivity index (χ1v) is 7.31. The summed E-state index contributed by atoms with van der Waals surface area (Å²) in [6, 6.07) is 8.15. The monoisotopic (exact) mass is 263 g/mol. The SMILES string of the molecule is Cc1ccccc1OCCN1CCCC(CCO)C1. The Kier molecular flexibility index (Phi) is 5.67. The number of nitrogens with zero attached hydrogens (tertiary/aromatic N) is 1. The summed E-state index contributed by atoms with van der Waals surface area (Å²) < 4.78 is 5.84. The van der Waals surface area contributed by atoms with Gasteiger partial charge in [-0.2, -0.15) is 0 Å². The van der Waals surface area contributed by atoms with E-state index in [1.165, 1.54) is 24.9 Å². The standard InChI is InChI=1S/C16H25NO2/c1-14-5-2-3-7-16(14)19-12-10-17-9-4-6-15(13-17)8-11-18/h2-3,5,7,15,18H,4,6,8-13H2,1H3. The maximum Gasteiger partial charge on any atom is 0.122 e. The summed E-state index contributed by atoms with van der Waals surface area (Å²) in [5, 5.41) is 9.02. The van der Waals surface area contributed by atoms with Crippen LogP contribution in [0, 0.1) is 12.8 Å². The van der Waals surface area contributed by atoms with Crippen LogP contribution >= 0.6 is 0 Å². The Bertz CT molecular complexity index is 379. The molecule has 1 fully saturated rings. The maximum absolute atomic E-state index is 9.02. The van der Waals surface area contributed by atoms with E-state index in [1.807, 2.05) is 18.2 Å². The minimum Gasteiger partial charge on any atom is -0.492 e. The van der Waals surface area contributed by atoms with Crippen LogP contribution in [0.4, 0.5) is 0 Å². The van der Waals surface area contributed by atoms with Crippen LogP contribution in [-0.4, -0.2) is 42.9 Å². The number of rotatable bonds is 6. The Morgan fingerprint density at radius 3 is 3.00 bits per heavy atom. The topological polar surface area (TPSA) is 32.7 Å². The Morgan fingerprint density at radius 2 is 2.21 bits per heavy atom. The molecule has 3 heteroatoms. The van der Waals surface area contributed by atoms with Crippen LogP contribution in [0.3, 0.4) is 0 Å². The second-order valence-corrected chi connectivity index (χ2v) is 5.44. The second kappa shape index (κ2) is 7.51. The molecule has 1 aromatic rings. The highest BCUT2D eigenvalue weighted by Gasteiger charge is 2.19. The lowest BCUT2D eigenvalue weighted by molar-refractivity contribution is 0.129. The molecule has 0 aliphatic carbocycles. The first-order valence-electron chi connectivity index (χ1n) is 7.31. The van der Waals surface area contributed by atoms with Crippen LogP contribution in [0.1, 0.15) is 24.8 Å². The molecule has 1 heterocycles. The van der Waals surface area contributed by atoms with E-state index in [0.717, 1.165) is 31.9 Å². The third kappa shape index (κ3) is 4.51. The molecule has 1 saturated heterocycles. The highest BCUT2D eigenvalue weighted by molar-refractivity contribution is 5.31. The summed E-state index contributed by atoms with van der Waals surface area (Å²) in [6.07, 6.45) is 3.44. The molecule has 106 valence electrons. The van der Waals surface area contributed by atoms with E-state index in [4.69, 9.17) is 9.84 Å². The second-order valence-electron chi connectivity index (χ2n) is 5.44. The minimum atomic E-state index is 0.318. The number of aliphatic hydroxyl groups excluding tert-OH is 1. The predicted octanol–water partition coefficient (Wildman–Crippen LogP) is 2.47. The minimum absolute atomic E-state index is 0.318. The van der Waals surface area contributed by atoms with Gasteiger partial charge in [-0.15, -0.1) is 0 Å². The molecule has 0 saturated carbocycles. The van der Waals surface area contributed by atoms with Gasteiger partial charge in [0.1, 0.15) is 12.4 Å². The van der Waals surface area contributed by atoms with Crippen LogP contribution in [0.2, 0.25) is 0 Å². The van der Waals surface area contributed by atoms with Crippen LogP contribution in [0.25, 0.3) is 0 Å². The number of aryl methyl sites for hydroxylation is 1. The zero-order chi connectivity index (χ0) is 13.5. The summed E-state index contributed by atoms with van der Waals surface area (Å²) in [5.74, 6) is 1.66. The molecule has 1 aromatic carbocycles. The van der Waals surface area contributed by atoms with E-state index in [9.17, 15) is 0 Å². The van der Waals surface area contributed by atoms with Crippen molar-refractivity contribution in [2.24, 2.45) is 5.92 Å². The average molecular weight is 263 g/mol. The summed E-state index contributed by atoms with van der Waals surface area (Å²) in [5.41, 5.74) is 1.19. The molecule has 0 aromatic heterocycles. The molecular formula is C16H25NO2. The lowest BCUT2D eigenvalue weighted by Crippen LogP contribution is -2.38. The van der Waals surface area contributed by atoms with Crippen molar-refractivity contribution in [3.63, 3.8) is 0 Å². The van der Waals surface area contributed by atoms with Crippen molar-refractivity contribution in [3.05, 3.63) is 29.8 Å². The average Bonchev–Trinajstić information content (AvgIpc) is 2.42. The zero-order valence-electron chi connectivity index (χ0n) is 11.8. The molecule has 1 unspecified atom stereocenters. The number of hydrogen-bond acceptors (Lipinski definition) is 3. The zero-order valence-corrected chi connectivity index (χ0v) is 11.8. The number of ether oxygens (including phenoxy) is 1. The fourth-order valence-corrected chi connectivity index (χ4v) is 2.78. The third-order valence-corrected chi connectivity index (χ3v) is 3.90. The molecule has 1 aliphatic rings. The Morgan fingerprint density at radius 1 is 1.37 bits per heavy atom. The molecule has 2 rings (SSSR count). The van der Waals surface area contributed by atoms with Gasteiger partial charge in [-0.1, -0.05) is 18.2 Å². The highest BCUT2D eigenvalue weighted by atomic mass is 16.5. The molecule has 1 N–H and O–H groups in total. The van der Waals surface area contributed by atoms with Crippen molar-refractivity contribution < 1.29 is 9.84 Å². The van der Waals surface area contributed by atoms with Gasteiger partial charge >= 0.3 is 0 Å². The van der Waals surface area contributed by atoms with E-state index in [2.05, 4.69) is 17.9 Å². The van der Waals surface area contributed by atoms with Crippen molar-refractivity contribution in [1.82, 2.24) is 4.90 Å². The molecule has 0 bridgehead atoms. The van der Waals surface area contributed by atoms with E-state index in [0.29, 0.717) is 12.5 Å². The fraction of sp³-hybridized carbons (Fsp3) is 0.625. The number of piperidine rings is 1. The number of para-hydroxylation sites is 1. The van der Waals surface area contributed by atoms with E-state index in [-0.39, 0.29) is 0 Å². The third-order valence-electron chi connectivity index (χ3n) is 3.90. The summed E-state index contributed by atoms with van der Waals surface area (Å²) in [7, 11) is 0. The van der Waals surface area contributed by atoms with Gasteiger partial charge in [-0.25, -0.2) is 0 Å². The number of aliphatic hydroxyl groups is 1. The Balaban J connectivity index is 1.72. The van der Waals surface area contributed by atoms with Crippen molar-refractivity contribution in [3.8, 4) is 5.75 Å². The molecule has 19 heavy (non-hydrogen) atoms. The number of likely N-dealkylation sites (tertiary alicyclic amines) is 1. The predicted molar refractivity (Wildman–Crippen MR) is 77.5 cm³/mol. The summed E-state index contributed by atoms with van der Waals surface area (Å²) >= 11 is 0. The quantitative estimate of drug-likeness (QED) is 0.856. The van der Waals surface area contributed by atoms with Crippen LogP contribution < -0.4 is 4.74 Å². The van der Waals surface area contributed by atoms with Gasteiger partial charge in [0, 0.05) is 19.7 Å². The van der Waals surface area contributed by atoms with E-state index >= 15 is 0 Å². The van der Waals surface area contributed by atoms with E-state index in [1.54, 1.807) is 0 Å². The molecular weight excluding hydrogens is 238 g/mol. The summed E-state index contributed by atoms with van der Waals surface area (Å²) in [4.78, 5) is 2.46. The molecule has 0 spiro atoms. The van der Waals surface area contributed by atoms with Crippen LogP contribution in [-0.2, 0) is 0 Å². The normalized spacial score (nSPS) is 20.4. The molecule has 3 nitrogen and oxygen atoms in total. The Labute approximate surface area is 116 Å². The van der Waals surface area contributed by atoms with Crippen LogP contribution in [0.5, 0.6) is 5.75 Å². The van der Waals surface area contributed by atoms with Crippen molar-refractivity contribution in [1.29, 1.82) is 0 Å². The summed E-state index contributed by atoms with van der Waals surface area (Å²) in [6.45, 7) is 6.40. The van der Waals surface area contributed by atoms with Gasteiger partial charge < -0.3 is 9.84 Å². The van der Waals surface area contributed by atoms with Gasteiger partial charge in [0.2, 0.25) is 0 Å². The van der Waals surface area contributed by atoms with Crippen molar-refractivity contribution >= 4 is 0 Å². The number of hydrogen-bond donors (Lipinski definition) is 1. The van der Waals surface area contributed by atoms with Crippen molar-refractivity contribution in [2.75, 3.05) is 32.8 Å². The lowest BCUT2D eigenvalue weighted by Gasteiger charge is -2.32. The maximum atomic E-state index is 9.02. The fourth-order valence-electron chi connectivity index (χ4n) is 2.78. The first kappa shape index (κ1) is 14.4. The smallest absolute Gasteiger partial charge is 0.122 e. The van der Waals surface area contributed by atoms with Gasteiger partial charge in [0.05, 0.1) is 0 Å². The number of benzene rings is 1. The van der Waals surface area contributed by atoms with Gasteiger partial charge in [-0.3, -0.25) is 4.90 Å². The lowest BCUT2D eigenvalue weighted by atomic mass is 9.95. The molecule has 0 amide bonds. The van der Waals surface area contributed by atoms with Gasteiger partial charge in [0.15, 0.2) is 0 Å². The van der Waals surface area contributed by atoms with E-state index < -0.39 is 0 Å². The molecule has 1 atom stereocenters. The Hall–Kier alpha value is -1.06. The highest BCUT2D eigenvalue weighted by Crippen LogP contribution is 2.19. The molecule has 1 aliphatic heterocycles. The van der Waals surface area contributed by atoms with Crippen molar-refractivity contribution in [2.45, 2.75) is 26.2 Å². The van der Waals surface area contributed by atoms with Gasteiger partial charge in [-0.05, 0) is 50.3 Å². The first-order chi connectivity index (χ1) is 9.29.